The number of hydrogen-bond donors (Lipinski definition) is 1. The van der Waals surface area contributed by atoms with E-state index in [2.05, 4.69) is 60.9 Å². The van der Waals surface area contributed by atoms with Crippen LogP contribution in [0.4, 0.5) is 0 Å². The molecule has 16 heavy (non-hydrogen) atoms. The topological polar surface area (TPSA) is 12.0 Å². The molecule has 0 amide bonds. The van der Waals surface area contributed by atoms with Gasteiger partial charge in [-0.2, -0.15) is 0 Å². The van der Waals surface area contributed by atoms with Gasteiger partial charge >= 0.3 is 0 Å². The molecule has 0 atom stereocenters. The largest absolute Gasteiger partial charge is 0.303 e. The van der Waals surface area contributed by atoms with Crippen LogP contribution in [-0.2, 0) is 12.1 Å². The van der Waals surface area contributed by atoms with Gasteiger partial charge in [0.15, 0.2) is 0 Å². The Morgan fingerprint density at radius 3 is 2.44 bits per heavy atom. The lowest BCUT2D eigenvalue weighted by Crippen LogP contribution is -2.35. The minimum atomic E-state index is 0.0456. The van der Waals surface area contributed by atoms with Gasteiger partial charge in [0.05, 0.1) is 0 Å². The summed E-state index contributed by atoms with van der Waals surface area (Å²) in [5.41, 5.74) is 1.37. The first kappa shape index (κ1) is 11.4. The van der Waals surface area contributed by atoms with Crippen LogP contribution in [0.5, 0.6) is 0 Å². The molecule has 0 aliphatic heterocycles. The van der Waals surface area contributed by atoms with Crippen LogP contribution in [0, 0.1) is 0 Å². The van der Waals surface area contributed by atoms with Crippen molar-refractivity contribution in [2.75, 3.05) is 0 Å². The van der Waals surface area contributed by atoms with Crippen LogP contribution in [0.3, 0.4) is 0 Å². The highest BCUT2D eigenvalue weighted by atomic mass is 32.1. The minimum absolute atomic E-state index is 0.0456. The Morgan fingerprint density at radius 1 is 1.06 bits per heavy atom. The molecule has 0 fully saturated rings. The van der Waals surface area contributed by atoms with E-state index in [1.807, 2.05) is 6.07 Å². The van der Waals surface area contributed by atoms with Crippen LogP contribution in [0.2, 0.25) is 0 Å². The van der Waals surface area contributed by atoms with E-state index in [0.29, 0.717) is 0 Å². The van der Waals surface area contributed by atoms with E-state index < -0.39 is 0 Å². The Bertz CT molecular complexity index is 417. The molecule has 0 bridgehead atoms. The molecule has 2 heteroatoms. The standard InChI is InChI=1S/C14H17NS/c1-14(2,13-9-6-10-16-13)15-11-12-7-4-3-5-8-12/h3-10,15H,11H2,1-2H3. The summed E-state index contributed by atoms with van der Waals surface area (Å²) in [4.78, 5) is 1.38. The maximum Gasteiger partial charge on any atom is 0.0474 e. The summed E-state index contributed by atoms with van der Waals surface area (Å²) in [6.45, 7) is 5.36. The summed E-state index contributed by atoms with van der Waals surface area (Å²) in [7, 11) is 0. The van der Waals surface area contributed by atoms with E-state index in [4.69, 9.17) is 0 Å². The predicted octanol–water partition coefficient (Wildman–Crippen LogP) is 3.77. The number of thiophene rings is 1. The van der Waals surface area contributed by atoms with Gasteiger partial charge in [-0.1, -0.05) is 36.4 Å². The highest BCUT2D eigenvalue weighted by molar-refractivity contribution is 7.10. The Morgan fingerprint density at radius 2 is 1.81 bits per heavy atom. The van der Waals surface area contributed by atoms with Crippen molar-refractivity contribution in [3.8, 4) is 0 Å². The molecule has 1 aromatic heterocycles. The second-order valence-electron chi connectivity index (χ2n) is 4.44. The fourth-order valence-electron chi connectivity index (χ4n) is 1.64. The van der Waals surface area contributed by atoms with Crippen molar-refractivity contribution in [1.82, 2.24) is 5.32 Å². The Kier molecular flexibility index (Phi) is 3.42. The lowest BCUT2D eigenvalue weighted by Gasteiger charge is -2.25. The van der Waals surface area contributed by atoms with Crippen molar-refractivity contribution < 1.29 is 0 Å². The predicted molar refractivity (Wildman–Crippen MR) is 70.6 cm³/mol. The summed E-state index contributed by atoms with van der Waals surface area (Å²) < 4.78 is 0. The Labute approximate surface area is 101 Å². The van der Waals surface area contributed by atoms with Crippen LogP contribution in [0.15, 0.2) is 47.8 Å². The van der Waals surface area contributed by atoms with E-state index in [9.17, 15) is 0 Å². The number of benzene rings is 1. The molecule has 0 saturated heterocycles. The number of nitrogens with one attached hydrogen (secondary N) is 1. The number of rotatable bonds is 4. The molecule has 2 rings (SSSR count). The summed E-state index contributed by atoms with van der Waals surface area (Å²) in [6.07, 6.45) is 0. The van der Waals surface area contributed by atoms with Crippen molar-refractivity contribution in [2.45, 2.75) is 25.9 Å². The molecule has 0 spiro atoms. The van der Waals surface area contributed by atoms with Crippen LogP contribution < -0.4 is 5.32 Å². The second-order valence-corrected chi connectivity index (χ2v) is 5.39. The van der Waals surface area contributed by atoms with Crippen molar-refractivity contribution in [3.63, 3.8) is 0 Å². The van der Waals surface area contributed by atoms with E-state index in [0.717, 1.165) is 6.54 Å². The summed E-state index contributed by atoms with van der Waals surface area (Å²) in [6, 6.07) is 14.8. The first-order chi connectivity index (χ1) is 7.68. The lowest BCUT2D eigenvalue weighted by atomic mass is 10.0. The normalized spacial score (nSPS) is 11.6. The average molecular weight is 231 g/mol. The van der Waals surface area contributed by atoms with Gasteiger partial charge in [0.2, 0.25) is 0 Å². The highest BCUT2D eigenvalue weighted by Gasteiger charge is 2.20. The maximum absolute atomic E-state index is 3.59. The molecule has 0 unspecified atom stereocenters. The third kappa shape index (κ3) is 2.71. The zero-order valence-electron chi connectivity index (χ0n) is 9.73. The fraction of sp³-hybridized carbons (Fsp3) is 0.286. The lowest BCUT2D eigenvalue weighted by molar-refractivity contribution is 0.409. The molecule has 2 aromatic rings. The Hall–Kier alpha value is -1.12. The zero-order chi connectivity index (χ0) is 11.4. The van der Waals surface area contributed by atoms with Gasteiger partial charge in [0.1, 0.15) is 0 Å². The van der Waals surface area contributed by atoms with Crippen LogP contribution in [0.25, 0.3) is 0 Å². The molecule has 1 N–H and O–H groups in total. The summed E-state index contributed by atoms with van der Waals surface area (Å²) in [5.74, 6) is 0. The van der Waals surface area contributed by atoms with Gasteiger partial charge < -0.3 is 5.32 Å². The van der Waals surface area contributed by atoms with Gasteiger partial charge in [-0.3, -0.25) is 0 Å². The molecule has 1 aromatic carbocycles. The molecule has 0 radical (unpaired) electrons. The van der Waals surface area contributed by atoms with Crippen molar-refractivity contribution in [2.24, 2.45) is 0 Å². The average Bonchev–Trinajstić information content (AvgIpc) is 2.82. The van der Waals surface area contributed by atoms with Crippen LogP contribution in [-0.4, -0.2) is 0 Å². The first-order valence-electron chi connectivity index (χ1n) is 5.51. The smallest absolute Gasteiger partial charge is 0.0474 e. The molecular formula is C14H17NS. The maximum atomic E-state index is 3.59. The third-order valence-electron chi connectivity index (χ3n) is 2.71. The van der Waals surface area contributed by atoms with Gasteiger partial charge in [-0.05, 0) is 30.9 Å². The Balaban J connectivity index is 2.00. The molecule has 0 aliphatic carbocycles. The molecule has 0 aliphatic rings. The molecule has 0 saturated carbocycles. The molecule has 1 heterocycles. The van der Waals surface area contributed by atoms with E-state index in [1.165, 1.54) is 10.4 Å². The summed E-state index contributed by atoms with van der Waals surface area (Å²) >= 11 is 1.80. The van der Waals surface area contributed by atoms with Gasteiger partial charge in [-0.25, -0.2) is 0 Å². The molecular weight excluding hydrogens is 214 g/mol. The zero-order valence-corrected chi connectivity index (χ0v) is 10.6. The van der Waals surface area contributed by atoms with Gasteiger partial charge in [0.25, 0.3) is 0 Å². The van der Waals surface area contributed by atoms with Crippen molar-refractivity contribution in [3.05, 3.63) is 58.3 Å². The van der Waals surface area contributed by atoms with Crippen LogP contribution >= 0.6 is 11.3 Å². The fourth-order valence-corrected chi connectivity index (χ4v) is 2.47. The van der Waals surface area contributed by atoms with E-state index >= 15 is 0 Å². The highest BCUT2D eigenvalue weighted by Crippen LogP contribution is 2.24. The summed E-state index contributed by atoms with van der Waals surface area (Å²) in [5, 5.41) is 5.71. The van der Waals surface area contributed by atoms with E-state index in [-0.39, 0.29) is 5.54 Å². The second kappa shape index (κ2) is 4.81. The van der Waals surface area contributed by atoms with Crippen molar-refractivity contribution in [1.29, 1.82) is 0 Å². The van der Waals surface area contributed by atoms with Gasteiger partial charge in [-0.15, -0.1) is 11.3 Å². The van der Waals surface area contributed by atoms with Crippen LogP contribution in [0.1, 0.15) is 24.3 Å². The third-order valence-corrected chi connectivity index (χ3v) is 3.91. The van der Waals surface area contributed by atoms with E-state index in [1.54, 1.807) is 11.3 Å². The monoisotopic (exact) mass is 231 g/mol. The SMILES string of the molecule is CC(C)(NCc1ccccc1)c1cccs1. The number of hydrogen-bond acceptors (Lipinski definition) is 2. The van der Waals surface area contributed by atoms with Gasteiger partial charge in [0, 0.05) is 17.0 Å². The first-order valence-corrected chi connectivity index (χ1v) is 6.39. The van der Waals surface area contributed by atoms with Crippen molar-refractivity contribution >= 4 is 11.3 Å². The quantitative estimate of drug-likeness (QED) is 0.844. The molecule has 1 nitrogen and oxygen atoms in total. The molecule has 84 valence electrons. The minimum Gasteiger partial charge on any atom is -0.303 e.